The number of nitrogens with zero attached hydrogens (tertiary/aromatic N) is 1. The molecular formula is C14H14N2O3. The monoisotopic (exact) mass is 258 g/mol. The molecule has 0 bridgehead atoms. The van der Waals surface area contributed by atoms with Crippen molar-refractivity contribution in [3.8, 4) is 0 Å². The van der Waals surface area contributed by atoms with Crippen LogP contribution in [0.25, 0.3) is 0 Å². The standard InChI is InChI=1S/C14H14N2O3/c17-16(18)14-8-6-12(7-9-14)10-15-19-11-13-4-2-1-3-5-13/h1-9,15H,10-11H2. The number of hydrogen-bond donors (Lipinski definition) is 1. The highest BCUT2D eigenvalue weighted by Crippen LogP contribution is 2.11. The Morgan fingerprint density at radius 1 is 1.00 bits per heavy atom. The molecule has 0 saturated heterocycles. The molecule has 0 aromatic heterocycles. The second-order valence-electron chi connectivity index (χ2n) is 4.02. The van der Waals surface area contributed by atoms with Crippen molar-refractivity contribution in [2.45, 2.75) is 13.2 Å². The first-order valence-electron chi connectivity index (χ1n) is 5.87. The summed E-state index contributed by atoms with van der Waals surface area (Å²) in [5.74, 6) is 0. The van der Waals surface area contributed by atoms with Gasteiger partial charge >= 0.3 is 0 Å². The van der Waals surface area contributed by atoms with Crippen molar-refractivity contribution in [1.82, 2.24) is 5.48 Å². The zero-order valence-corrected chi connectivity index (χ0v) is 10.3. The molecule has 2 rings (SSSR count). The van der Waals surface area contributed by atoms with E-state index in [-0.39, 0.29) is 5.69 Å². The fourth-order valence-electron chi connectivity index (χ4n) is 1.58. The Labute approximate surface area is 110 Å². The minimum atomic E-state index is -0.414. The molecule has 1 N–H and O–H groups in total. The van der Waals surface area contributed by atoms with Gasteiger partial charge in [-0.05, 0) is 11.1 Å². The Bertz CT molecular complexity index is 526. The molecule has 0 aliphatic carbocycles. The average molecular weight is 258 g/mol. The van der Waals surface area contributed by atoms with Crippen LogP contribution in [0.15, 0.2) is 54.6 Å². The van der Waals surface area contributed by atoms with Gasteiger partial charge in [-0.1, -0.05) is 42.5 Å². The molecule has 2 aromatic carbocycles. The molecule has 5 heteroatoms. The van der Waals surface area contributed by atoms with Crippen LogP contribution < -0.4 is 5.48 Å². The maximum absolute atomic E-state index is 10.5. The molecule has 0 amide bonds. The SMILES string of the molecule is O=[N+]([O-])c1ccc(CNOCc2ccccc2)cc1. The first kappa shape index (κ1) is 13.2. The van der Waals surface area contributed by atoms with E-state index < -0.39 is 4.92 Å². The minimum Gasteiger partial charge on any atom is -0.297 e. The highest BCUT2D eigenvalue weighted by atomic mass is 16.6. The molecule has 0 heterocycles. The van der Waals surface area contributed by atoms with Crippen molar-refractivity contribution < 1.29 is 9.76 Å². The largest absolute Gasteiger partial charge is 0.297 e. The van der Waals surface area contributed by atoms with Gasteiger partial charge in [0.25, 0.3) is 5.69 Å². The molecule has 2 aromatic rings. The number of rotatable bonds is 6. The van der Waals surface area contributed by atoms with Crippen LogP contribution in [0.5, 0.6) is 0 Å². The van der Waals surface area contributed by atoms with Gasteiger partial charge in [-0.25, -0.2) is 0 Å². The van der Waals surface area contributed by atoms with E-state index >= 15 is 0 Å². The highest BCUT2D eigenvalue weighted by molar-refractivity contribution is 5.32. The van der Waals surface area contributed by atoms with Crippen LogP contribution in [-0.4, -0.2) is 4.92 Å². The van der Waals surface area contributed by atoms with Crippen molar-refractivity contribution in [2.24, 2.45) is 0 Å². The quantitative estimate of drug-likeness (QED) is 0.491. The first-order valence-corrected chi connectivity index (χ1v) is 5.87. The van der Waals surface area contributed by atoms with Crippen LogP contribution in [-0.2, 0) is 18.0 Å². The molecule has 0 fully saturated rings. The van der Waals surface area contributed by atoms with Gasteiger partial charge in [-0.2, -0.15) is 5.48 Å². The lowest BCUT2D eigenvalue weighted by molar-refractivity contribution is -0.384. The van der Waals surface area contributed by atoms with E-state index in [4.69, 9.17) is 4.84 Å². The molecule has 19 heavy (non-hydrogen) atoms. The minimum absolute atomic E-state index is 0.0916. The molecule has 0 saturated carbocycles. The molecule has 0 aliphatic rings. The van der Waals surface area contributed by atoms with Gasteiger partial charge in [0.2, 0.25) is 0 Å². The summed E-state index contributed by atoms with van der Waals surface area (Å²) in [6.07, 6.45) is 0. The van der Waals surface area contributed by atoms with Crippen LogP contribution in [0.3, 0.4) is 0 Å². The average Bonchev–Trinajstić information content (AvgIpc) is 2.45. The topological polar surface area (TPSA) is 64.4 Å². The third-order valence-corrected chi connectivity index (χ3v) is 2.61. The summed E-state index contributed by atoms with van der Waals surface area (Å²) < 4.78 is 0. The van der Waals surface area contributed by atoms with Gasteiger partial charge < -0.3 is 0 Å². The molecule has 0 unspecified atom stereocenters. The molecule has 0 spiro atoms. The Morgan fingerprint density at radius 2 is 1.68 bits per heavy atom. The predicted octanol–water partition coefficient (Wildman–Crippen LogP) is 2.82. The van der Waals surface area contributed by atoms with Crippen molar-refractivity contribution in [3.05, 3.63) is 75.8 Å². The zero-order chi connectivity index (χ0) is 13.5. The van der Waals surface area contributed by atoms with E-state index in [1.54, 1.807) is 12.1 Å². The normalized spacial score (nSPS) is 10.3. The van der Waals surface area contributed by atoms with Crippen LogP contribution in [0, 0.1) is 10.1 Å². The van der Waals surface area contributed by atoms with Crippen LogP contribution >= 0.6 is 0 Å². The van der Waals surface area contributed by atoms with Gasteiger partial charge in [-0.15, -0.1) is 0 Å². The Kier molecular flexibility index (Phi) is 4.60. The summed E-state index contributed by atoms with van der Waals surface area (Å²) >= 11 is 0. The van der Waals surface area contributed by atoms with E-state index in [0.29, 0.717) is 13.2 Å². The summed E-state index contributed by atoms with van der Waals surface area (Å²) in [6.45, 7) is 0.985. The van der Waals surface area contributed by atoms with E-state index in [0.717, 1.165) is 11.1 Å². The smallest absolute Gasteiger partial charge is 0.269 e. The van der Waals surface area contributed by atoms with Crippen molar-refractivity contribution >= 4 is 5.69 Å². The van der Waals surface area contributed by atoms with Crippen molar-refractivity contribution in [3.63, 3.8) is 0 Å². The Hall–Kier alpha value is -2.24. The van der Waals surface area contributed by atoms with E-state index in [1.165, 1.54) is 12.1 Å². The summed E-state index contributed by atoms with van der Waals surface area (Å²) in [6, 6.07) is 16.2. The number of nitro groups is 1. The maximum atomic E-state index is 10.5. The lowest BCUT2D eigenvalue weighted by Crippen LogP contribution is -2.13. The number of nitro benzene ring substituents is 1. The van der Waals surface area contributed by atoms with E-state index in [9.17, 15) is 10.1 Å². The number of benzene rings is 2. The Balaban J connectivity index is 1.75. The van der Waals surface area contributed by atoms with Crippen molar-refractivity contribution in [1.29, 1.82) is 0 Å². The number of nitrogens with one attached hydrogen (secondary N) is 1. The van der Waals surface area contributed by atoms with Gasteiger partial charge in [0.05, 0.1) is 11.5 Å². The van der Waals surface area contributed by atoms with Crippen molar-refractivity contribution in [2.75, 3.05) is 0 Å². The second kappa shape index (κ2) is 6.63. The fourth-order valence-corrected chi connectivity index (χ4v) is 1.58. The fraction of sp³-hybridized carbons (Fsp3) is 0.143. The van der Waals surface area contributed by atoms with Crippen LogP contribution in [0.2, 0.25) is 0 Å². The highest BCUT2D eigenvalue weighted by Gasteiger charge is 2.03. The number of hydrogen-bond acceptors (Lipinski definition) is 4. The first-order chi connectivity index (χ1) is 9.25. The van der Waals surface area contributed by atoms with Gasteiger partial charge in [0, 0.05) is 18.7 Å². The third kappa shape index (κ3) is 4.17. The molecule has 98 valence electrons. The predicted molar refractivity (Wildman–Crippen MR) is 71.2 cm³/mol. The van der Waals surface area contributed by atoms with E-state index in [2.05, 4.69) is 5.48 Å². The second-order valence-corrected chi connectivity index (χ2v) is 4.02. The number of non-ortho nitro benzene ring substituents is 1. The summed E-state index contributed by atoms with van der Waals surface area (Å²) in [5.41, 5.74) is 4.93. The Morgan fingerprint density at radius 3 is 2.32 bits per heavy atom. The summed E-state index contributed by atoms with van der Waals surface area (Å²) in [7, 11) is 0. The maximum Gasteiger partial charge on any atom is 0.269 e. The molecule has 0 radical (unpaired) electrons. The number of hydroxylamine groups is 1. The van der Waals surface area contributed by atoms with Crippen LogP contribution in [0.4, 0.5) is 5.69 Å². The van der Waals surface area contributed by atoms with Gasteiger partial charge in [-0.3, -0.25) is 15.0 Å². The molecule has 0 atom stereocenters. The summed E-state index contributed by atoms with van der Waals surface area (Å²) in [4.78, 5) is 15.4. The lowest BCUT2D eigenvalue weighted by Gasteiger charge is -2.06. The summed E-state index contributed by atoms with van der Waals surface area (Å²) in [5, 5.41) is 10.5. The van der Waals surface area contributed by atoms with Gasteiger partial charge in [0.1, 0.15) is 0 Å². The molecular weight excluding hydrogens is 244 g/mol. The lowest BCUT2D eigenvalue weighted by atomic mass is 10.2. The third-order valence-electron chi connectivity index (χ3n) is 2.61. The molecule has 0 aliphatic heterocycles. The van der Waals surface area contributed by atoms with Crippen LogP contribution in [0.1, 0.15) is 11.1 Å². The molecule has 5 nitrogen and oxygen atoms in total. The van der Waals surface area contributed by atoms with Gasteiger partial charge in [0.15, 0.2) is 0 Å². The van der Waals surface area contributed by atoms with E-state index in [1.807, 2.05) is 30.3 Å². The zero-order valence-electron chi connectivity index (χ0n) is 10.3.